The second kappa shape index (κ2) is 6.20. The molecule has 0 radical (unpaired) electrons. The molecule has 1 aliphatic carbocycles. The summed E-state index contributed by atoms with van der Waals surface area (Å²) in [6, 6.07) is 19.0. The molecular weight excluding hydrogens is 278 g/mol. The molecule has 3 rings (SSSR count). The van der Waals surface area contributed by atoms with Crippen LogP contribution in [-0.2, 0) is 16.9 Å². The fourth-order valence-electron chi connectivity index (χ4n) is 2.77. The molecule has 4 nitrogen and oxygen atoms in total. The van der Waals surface area contributed by atoms with Gasteiger partial charge in [-0.3, -0.25) is 0 Å². The Balaban J connectivity index is 1.45. The highest BCUT2D eigenvalue weighted by Crippen LogP contribution is 2.41. The van der Waals surface area contributed by atoms with Crippen LogP contribution in [0.4, 0.5) is 4.79 Å². The Morgan fingerprint density at radius 3 is 2.32 bits per heavy atom. The lowest BCUT2D eigenvalue weighted by molar-refractivity contribution is -0.0608. The third-order valence-electron chi connectivity index (χ3n) is 4.01. The largest absolute Gasteiger partial charge is 0.445 e. The van der Waals surface area contributed by atoms with Crippen molar-refractivity contribution in [2.24, 2.45) is 0 Å². The first-order chi connectivity index (χ1) is 10.7. The van der Waals surface area contributed by atoms with Crippen molar-refractivity contribution in [3.8, 4) is 0 Å². The minimum absolute atomic E-state index is 0.0477. The highest BCUT2D eigenvalue weighted by atomic mass is 16.5. The smallest absolute Gasteiger partial charge is 0.407 e. The van der Waals surface area contributed by atoms with Crippen molar-refractivity contribution in [3.63, 3.8) is 0 Å². The van der Waals surface area contributed by atoms with E-state index in [0.29, 0.717) is 12.8 Å². The van der Waals surface area contributed by atoms with Gasteiger partial charge in [0.15, 0.2) is 0 Å². The zero-order valence-corrected chi connectivity index (χ0v) is 12.2. The third kappa shape index (κ3) is 3.28. The summed E-state index contributed by atoms with van der Waals surface area (Å²) in [5.41, 5.74) is 1.01. The number of carbonyl (C=O) groups is 1. The van der Waals surface area contributed by atoms with E-state index in [-0.39, 0.29) is 12.6 Å². The molecule has 0 spiro atoms. The predicted octanol–water partition coefficient (Wildman–Crippen LogP) is 2.96. The number of hydrogen-bond acceptors (Lipinski definition) is 3. The minimum atomic E-state index is -0.835. The van der Waals surface area contributed by atoms with E-state index < -0.39 is 11.7 Å². The van der Waals surface area contributed by atoms with Crippen LogP contribution in [0.2, 0.25) is 0 Å². The molecule has 0 unspecified atom stereocenters. The summed E-state index contributed by atoms with van der Waals surface area (Å²) >= 11 is 0. The lowest BCUT2D eigenvalue weighted by Gasteiger charge is -2.43. The van der Waals surface area contributed by atoms with Crippen LogP contribution in [0.25, 0.3) is 0 Å². The SMILES string of the molecule is O=C(NC1CC(O)(c2ccccc2)C1)OCc1ccccc1. The van der Waals surface area contributed by atoms with Gasteiger partial charge < -0.3 is 15.2 Å². The topological polar surface area (TPSA) is 58.6 Å². The summed E-state index contributed by atoms with van der Waals surface area (Å²) in [6.45, 7) is 0.252. The van der Waals surface area contributed by atoms with Crippen LogP contribution >= 0.6 is 0 Å². The monoisotopic (exact) mass is 297 g/mol. The Hall–Kier alpha value is -2.33. The highest BCUT2D eigenvalue weighted by Gasteiger charge is 2.44. The maximum atomic E-state index is 11.8. The molecule has 0 bridgehead atoms. The van der Waals surface area contributed by atoms with Gasteiger partial charge in [-0.15, -0.1) is 0 Å². The number of carbonyl (C=O) groups excluding carboxylic acids is 1. The van der Waals surface area contributed by atoms with Gasteiger partial charge in [0, 0.05) is 18.9 Å². The summed E-state index contributed by atoms with van der Waals surface area (Å²) in [4.78, 5) is 11.8. The number of nitrogens with one attached hydrogen (secondary N) is 1. The molecule has 1 amide bonds. The van der Waals surface area contributed by atoms with Gasteiger partial charge in [0.1, 0.15) is 6.61 Å². The maximum absolute atomic E-state index is 11.8. The number of ether oxygens (including phenoxy) is 1. The fraction of sp³-hybridized carbons (Fsp3) is 0.278. The van der Waals surface area contributed by atoms with Gasteiger partial charge in [-0.25, -0.2) is 4.79 Å². The van der Waals surface area contributed by atoms with Gasteiger partial charge in [0.25, 0.3) is 0 Å². The van der Waals surface area contributed by atoms with Crippen LogP contribution < -0.4 is 5.32 Å². The summed E-state index contributed by atoms with van der Waals surface area (Å²) < 4.78 is 5.18. The Bertz CT molecular complexity index is 621. The van der Waals surface area contributed by atoms with E-state index in [0.717, 1.165) is 11.1 Å². The van der Waals surface area contributed by atoms with Crippen molar-refractivity contribution in [3.05, 3.63) is 71.8 Å². The molecule has 1 fully saturated rings. The average Bonchev–Trinajstić information content (AvgIpc) is 2.53. The van der Waals surface area contributed by atoms with Gasteiger partial charge in [0.2, 0.25) is 0 Å². The molecular formula is C18H19NO3. The van der Waals surface area contributed by atoms with Gasteiger partial charge in [0.05, 0.1) is 5.60 Å². The molecule has 0 saturated heterocycles. The molecule has 114 valence electrons. The van der Waals surface area contributed by atoms with Gasteiger partial charge >= 0.3 is 6.09 Å². The lowest BCUT2D eigenvalue weighted by atomic mass is 9.71. The van der Waals surface area contributed by atoms with E-state index >= 15 is 0 Å². The number of aliphatic hydroxyl groups is 1. The molecule has 0 aromatic heterocycles. The first-order valence-electron chi connectivity index (χ1n) is 7.41. The van der Waals surface area contributed by atoms with Gasteiger partial charge in [-0.2, -0.15) is 0 Å². The predicted molar refractivity (Wildman–Crippen MR) is 83.1 cm³/mol. The Morgan fingerprint density at radius 1 is 1.09 bits per heavy atom. The maximum Gasteiger partial charge on any atom is 0.407 e. The molecule has 0 heterocycles. The molecule has 1 aliphatic rings. The summed E-state index contributed by atoms with van der Waals surface area (Å²) in [7, 11) is 0. The quantitative estimate of drug-likeness (QED) is 0.912. The minimum Gasteiger partial charge on any atom is -0.445 e. The van der Waals surface area contributed by atoms with E-state index in [1.54, 1.807) is 0 Å². The van der Waals surface area contributed by atoms with Crippen molar-refractivity contribution in [2.45, 2.75) is 31.1 Å². The van der Waals surface area contributed by atoms with E-state index in [1.165, 1.54) is 0 Å². The van der Waals surface area contributed by atoms with Crippen LogP contribution in [-0.4, -0.2) is 17.2 Å². The normalized spacial score (nSPS) is 23.4. The van der Waals surface area contributed by atoms with Crippen LogP contribution in [0, 0.1) is 0 Å². The zero-order valence-electron chi connectivity index (χ0n) is 12.2. The van der Waals surface area contributed by atoms with Crippen molar-refractivity contribution in [1.29, 1.82) is 0 Å². The number of hydrogen-bond donors (Lipinski definition) is 2. The van der Waals surface area contributed by atoms with Crippen molar-refractivity contribution in [2.75, 3.05) is 0 Å². The number of amides is 1. The molecule has 0 aliphatic heterocycles. The lowest BCUT2D eigenvalue weighted by Crippen LogP contribution is -2.53. The average molecular weight is 297 g/mol. The molecule has 2 N–H and O–H groups in total. The molecule has 4 heteroatoms. The van der Waals surface area contributed by atoms with Crippen molar-refractivity contribution >= 4 is 6.09 Å². The second-order valence-corrected chi connectivity index (χ2v) is 5.71. The van der Waals surface area contributed by atoms with E-state index in [1.807, 2.05) is 60.7 Å². The summed E-state index contributed by atoms with van der Waals surface area (Å²) in [6.07, 6.45) is 0.582. The number of rotatable bonds is 4. The third-order valence-corrected chi connectivity index (χ3v) is 4.01. The summed E-state index contributed by atoms with van der Waals surface area (Å²) in [5, 5.41) is 13.3. The first kappa shape index (κ1) is 14.6. The highest BCUT2D eigenvalue weighted by molar-refractivity contribution is 5.67. The molecule has 0 atom stereocenters. The number of benzene rings is 2. The van der Waals surface area contributed by atoms with Crippen molar-refractivity contribution in [1.82, 2.24) is 5.32 Å². The zero-order chi connectivity index (χ0) is 15.4. The fourth-order valence-corrected chi connectivity index (χ4v) is 2.77. The van der Waals surface area contributed by atoms with Crippen LogP contribution in [0.1, 0.15) is 24.0 Å². The Morgan fingerprint density at radius 2 is 1.68 bits per heavy atom. The molecule has 2 aromatic rings. The Labute approximate surface area is 129 Å². The molecule has 2 aromatic carbocycles. The number of alkyl carbamates (subject to hydrolysis) is 1. The van der Waals surface area contributed by atoms with E-state index in [4.69, 9.17) is 4.74 Å². The van der Waals surface area contributed by atoms with E-state index in [2.05, 4.69) is 5.32 Å². The molecule has 22 heavy (non-hydrogen) atoms. The summed E-state index contributed by atoms with van der Waals surface area (Å²) in [5.74, 6) is 0. The van der Waals surface area contributed by atoms with Gasteiger partial charge in [-0.1, -0.05) is 60.7 Å². The molecule has 1 saturated carbocycles. The van der Waals surface area contributed by atoms with Crippen LogP contribution in [0.5, 0.6) is 0 Å². The van der Waals surface area contributed by atoms with Gasteiger partial charge in [-0.05, 0) is 11.1 Å². The first-order valence-corrected chi connectivity index (χ1v) is 7.41. The van der Waals surface area contributed by atoms with E-state index in [9.17, 15) is 9.90 Å². The standard InChI is InChI=1S/C18H19NO3/c20-17(22-13-14-7-3-1-4-8-14)19-16-11-18(21,12-16)15-9-5-2-6-10-15/h1-10,16,21H,11-13H2,(H,19,20). The van der Waals surface area contributed by atoms with Crippen molar-refractivity contribution < 1.29 is 14.6 Å². The van der Waals surface area contributed by atoms with Crippen LogP contribution in [0.15, 0.2) is 60.7 Å². The Kier molecular flexibility index (Phi) is 4.11. The van der Waals surface area contributed by atoms with Crippen LogP contribution in [0.3, 0.4) is 0 Å². The second-order valence-electron chi connectivity index (χ2n) is 5.71.